The molecule has 0 aliphatic heterocycles. The van der Waals surface area contributed by atoms with Crippen LogP contribution >= 0.6 is 0 Å². The van der Waals surface area contributed by atoms with Gasteiger partial charge in [0.25, 0.3) is 0 Å². The number of ether oxygens (including phenoxy) is 1. The molecule has 0 atom stereocenters. The normalized spacial score (nSPS) is 11.4. The Morgan fingerprint density at radius 2 is 1.64 bits per heavy atom. The highest BCUT2D eigenvalue weighted by atomic mass is 19.4. The molecule has 128 valence electrons. The molecular formula is C16H10F4N4O. The molecule has 0 fully saturated rings. The van der Waals surface area contributed by atoms with Crippen LogP contribution in [0.2, 0.25) is 0 Å². The van der Waals surface area contributed by atoms with Crippen molar-refractivity contribution in [2.45, 2.75) is 6.18 Å². The highest BCUT2D eigenvalue weighted by Gasteiger charge is 2.30. The van der Waals surface area contributed by atoms with Crippen molar-refractivity contribution < 1.29 is 22.3 Å². The summed E-state index contributed by atoms with van der Waals surface area (Å²) in [5, 5.41) is 0. The van der Waals surface area contributed by atoms with E-state index in [0.29, 0.717) is 0 Å². The molecule has 0 saturated heterocycles. The third-order valence-electron chi connectivity index (χ3n) is 3.20. The fourth-order valence-corrected chi connectivity index (χ4v) is 2.00. The number of nitrogen functional groups attached to an aromatic ring is 1. The van der Waals surface area contributed by atoms with E-state index in [9.17, 15) is 17.6 Å². The Morgan fingerprint density at radius 3 is 2.28 bits per heavy atom. The van der Waals surface area contributed by atoms with Gasteiger partial charge in [-0.15, -0.1) is 0 Å². The van der Waals surface area contributed by atoms with Crippen LogP contribution in [0.5, 0.6) is 11.6 Å². The van der Waals surface area contributed by atoms with Crippen molar-refractivity contribution in [3.8, 4) is 22.9 Å². The summed E-state index contributed by atoms with van der Waals surface area (Å²) in [6.07, 6.45) is -0.446. The summed E-state index contributed by atoms with van der Waals surface area (Å²) in [5.74, 6) is -0.881. The number of alkyl halides is 3. The minimum absolute atomic E-state index is 0.00627. The highest BCUT2D eigenvalue weighted by molar-refractivity contribution is 5.64. The Bertz CT molecular complexity index is 897. The van der Waals surface area contributed by atoms with Crippen LogP contribution in [0.15, 0.2) is 48.9 Å². The zero-order valence-electron chi connectivity index (χ0n) is 12.5. The van der Waals surface area contributed by atoms with Crippen LogP contribution in [0.3, 0.4) is 0 Å². The second-order valence-electron chi connectivity index (χ2n) is 4.93. The standard InChI is InChI=1S/C16H10F4N4O/c17-12-7-9(8-24-14(12)21)13-15(23-6-5-22-13)25-11-3-1-10(2-4-11)16(18,19)20/h1-8H,(H2,21,24). The Kier molecular flexibility index (Phi) is 4.22. The molecule has 0 spiro atoms. The lowest BCUT2D eigenvalue weighted by Gasteiger charge is -2.11. The number of halogens is 4. The van der Waals surface area contributed by atoms with Crippen LogP contribution in [0.25, 0.3) is 11.3 Å². The van der Waals surface area contributed by atoms with E-state index in [4.69, 9.17) is 10.5 Å². The molecule has 2 heterocycles. The average molecular weight is 350 g/mol. The van der Waals surface area contributed by atoms with Gasteiger partial charge in [0, 0.05) is 24.2 Å². The minimum atomic E-state index is -4.44. The molecule has 5 nitrogen and oxygen atoms in total. The Balaban J connectivity index is 1.92. The van der Waals surface area contributed by atoms with Gasteiger partial charge in [-0.1, -0.05) is 0 Å². The molecule has 0 unspecified atom stereocenters. The predicted molar refractivity (Wildman–Crippen MR) is 81.2 cm³/mol. The quantitative estimate of drug-likeness (QED) is 0.721. The molecule has 0 saturated carbocycles. The molecule has 3 rings (SSSR count). The average Bonchev–Trinajstić information content (AvgIpc) is 2.58. The van der Waals surface area contributed by atoms with Gasteiger partial charge < -0.3 is 10.5 Å². The molecule has 3 aromatic rings. The third kappa shape index (κ3) is 3.65. The predicted octanol–water partition coefficient (Wildman–Crippen LogP) is 4.07. The molecule has 2 N–H and O–H groups in total. The molecule has 1 aromatic carbocycles. The van der Waals surface area contributed by atoms with E-state index in [0.717, 1.165) is 30.3 Å². The Hall–Kier alpha value is -3.23. The number of rotatable bonds is 3. The lowest BCUT2D eigenvalue weighted by atomic mass is 10.2. The second-order valence-corrected chi connectivity index (χ2v) is 4.93. The fourth-order valence-electron chi connectivity index (χ4n) is 2.00. The molecule has 9 heteroatoms. The number of anilines is 1. The van der Waals surface area contributed by atoms with Crippen molar-refractivity contribution in [3.05, 3.63) is 60.3 Å². The second kappa shape index (κ2) is 6.34. The van der Waals surface area contributed by atoms with Gasteiger partial charge in [-0.05, 0) is 30.3 Å². The van der Waals surface area contributed by atoms with Crippen LogP contribution in [0.4, 0.5) is 23.4 Å². The summed E-state index contributed by atoms with van der Waals surface area (Å²) < 4.78 is 56.8. The maximum atomic E-state index is 13.6. The summed E-state index contributed by atoms with van der Waals surface area (Å²) in [7, 11) is 0. The van der Waals surface area contributed by atoms with Crippen LogP contribution in [0, 0.1) is 5.82 Å². The van der Waals surface area contributed by atoms with E-state index in [-0.39, 0.29) is 28.7 Å². The van der Waals surface area contributed by atoms with Crippen molar-refractivity contribution in [2.75, 3.05) is 5.73 Å². The minimum Gasteiger partial charge on any atom is -0.437 e. The summed E-state index contributed by atoms with van der Waals surface area (Å²) in [5.41, 5.74) is 4.97. The number of benzene rings is 1. The SMILES string of the molecule is Nc1ncc(-c2nccnc2Oc2ccc(C(F)(F)F)cc2)cc1F. The van der Waals surface area contributed by atoms with E-state index < -0.39 is 17.6 Å². The monoisotopic (exact) mass is 350 g/mol. The lowest BCUT2D eigenvalue weighted by molar-refractivity contribution is -0.137. The van der Waals surface area contributed by atoms with Gasteiger partial charge in [-0.2, -0.15) is 13.2 Å². The first-order chi connectivity index (χ1) is 11.8. The largest absolute Gasteiger partial charge is 0.437 e. The first kappa shape index (κ1) is 16.6. The van der Waals surface area contributed by atoms with Gasteiger partial charge in [0.05, 0.1) is 5.56 Å². The van der Waals surface area contributed by atoms with Gasteiger partial charge in [-0.25, -0.2) is 19.3 Å². The summed E-state index contributed by atoms with van der Waals surface area (Å²) in [6, 6.07) is 5.20. The van der Waals surface area contributed by atoms with Gasteiger partial charge in [0.1, 0.15) is 11.4 Å². The molecule has 0 radical (unpaired) electrons. The van der Waals surface area contributed by atoms with Gasteiger partial charge >= 0.3 is 6.18 Å². The highest BCUT2D eigenvalue weighted by Crippen LogP contribution is 2.33. The van der Waals surface area contributed by atoms with E-state index in [1.54, 1.807) is 0 Å². The molecular weight excluding hydrogens is 340 g/mol. The van der Waals surface area contributed by atoms with Crippen molar-refractivity contribution in [3.63, 3.8) is 0 Å². The molecule has 0 bridgehead atoms. The first-order valence-electron chi connectivity index (χ1n) is 6.92. The number of nitrogens with zero attached hydrogens (tertiary/aromatic N) is 3. The molecule has 0 aliphatic carbocycles. The van der Waals surface area contributed by atoms with Gasteiger partial charge in [0.2, 0.25) is 5.88 Å². The van der Waals surface area contributed by atoms with Gasteiger partial charge in [-0.3, -0.25) is 0 Å². The number of hydrogen-bond acceptors (Lipinski definition) is 5. The molecule has 0 aliphatic rings. The Labute approximate surface area is 139 Å². The van der Waals surface area contributed by atoms with Crippen molar-refractivity contribution in [1.29, 1.82) is 0 Å². The molecule has 2 aromatic heterocycles. The van der Waals surface area contributed by atoms with Crippen molar-refractivity contribution in [1.82, 2.24) is 15.0 Å². The fraction of sp³-hybridized carbons (Fsp3) is 0.0625. The Morgan fingerprint density at radius 1 is 0.960 bits per heavy atom. The maximum Gasteiger partial charge on any atom is 0.416 e. The van der Waals surface area contributed by atoms with E-state index >= 15 is 0 Å². The topological polar surface area (TPSA) is 73.9 Å². The zero-order valence-corrected chi connectivity index (χ0v) is 12.5. The number of pyridine rings is 1. The number of nitrogens with two attached hydrogens (primary N) is 1. The first-order valence-corrected chi connectivity index (χ1v) is 6.92. The van der Waals surface area contributed by atoms with Crippen molar-refractivity contribution >= 4 is 5.82 Å². The molecule has 25 heavy (non-hydrogen) atoms. The summed E-state index contributed by atoms with van der Waals surface area (Å²) in [6.45, 7) is 0. The smallest absolute Gasteiger partial charge is 0.416 e. The van der Waals surface area contributed by atoms with E-state index in [1.807, 2.05) is 0 Å². The van der Waals surface area contributed by atoms with Gasteiger partial charge in [0.15, 0.2) is 11.6 Å². The van der Waals surface area contributed by atoms with Crippen LogP contribution < -0.4 is 10.5 Å². The lowest BCUT2D eigenvalue weighted by Crippen LogP contribution is -2.04. The summed E-state index contributed by atoms with van der Waals surface area (Å²) in [4.78, 5) is 11.7. The zero-order chi connectivity index (χ0) is 18.0. The molecule has 0 amide bonds. The summed E-state index contributed by atoms with van der Waals surface area (Å²) >= 11 is 0. The van der Waals surface area contributed by atoms with Crippen LogP contribution in [-0.4, -0.2) is 15.0 Å². The van der Waals surface area contributed by atoms with Crippen LogP contribution in [-0.2, 0) is 6.18 Å². The van der Waals surface area contributed by atoms with E-state index in [2.05, 4.69) is 15.0 Å². The van der Waals surface area contributed by atoms with Crippen LogP contribution in [0.1, 0.15) is 5.56 Å². The third-order valence-corrected chi connectivity index (χ3v) is 3.20. The maximum absolute atomic E-state index is 13.6. The van der Waals surface area contributed by atoms with Crippen molar-refractivity contribution in [2.24, 2.45) is 0 Å². The number of aromatic nitrogens is 3. The number of hydrogen-bond donors (Lipinski definition) is 1. The van der Waals surface area contributed by atoms with E-state index in [1.165, 1.54) is 18.6 Å².